The van der Waals surface area contributed by atoms with Crippen molar-refractivity contribution in [1.82, 2.24) is 0 Å². The Morgan fingerprint density at radius 2 is 1.93 bits per heavy atom. The average molecular weight is 389 g/mol. The van der Waals surface area contributed by atoms with E-state index in [-0.39, 0.29) is 0 Å². The van der Waals surface area contributed by atoms with E-state index < -0.39 is 0 Å². The molecule has 1 atom stereocenters. The highest BCUT2D eigenvalue weighted by Gasteiger charge is 2.26. The first-order valence-corrected chi connectivity index (χ1v) is 10.2. The normalized spacial score (nSPS) is 19.3. The van der Waals surface area contributed by atoms with Crippen LogP contribution in [0.15, 0.2) is 47.6 Å². The second-order valence-corrected chi connectivity index (χ2v) is 7.86. The van der Waals surface area contributed by atoms with Gasteiger partial charge in [0.15, 0.2) is 0 Å². The van der Waals surface area contributed by atoms with Gasteiger partial charge in [0.2, 0.25) is 0 Å². The summed E-state index contributed by atoms with van der Waals surface area (Å²) in [6.07, 6.45) is 8.60. The largest absolute Gasteiger partial charge is 0.456 e. The van der Waals surface area contributed by atoms with Crippen LogP contribution in [-0.4, -0.2) is 31.6 Å². The predicted molar refractivity (Wildman–Crippen MR) is 118 cm³/mol. The average Bonchev–Trinajstić information content (AvgIpc) is 3.57. The quantitative estimate of drug-likeness (QED) is 0.579. The van der Waals surface area contributed by atoms with Gasteiger partial charge in [0, 0.05) is 53.5 Å². The first-order chi connectivity index (χ1) is 14.1. The Bertz CT molecular complexity index is 959. The van der Waals surface area contributed by atoms with Gasteiger partial charge in [-0.05, 0) is 69.0 Å². The number of carbonyl (C=O) groups is 1. The number of fused-ring (bicyclic) bond motifs is 1. The SMILES string of the molecule is CC1CCc2c(ccc(C(C=NC3CC3)=CN)c2Oc2ccc(C=O)cc2)N1C. The van der Waals surface area contributed by atoms with Gasteiger partial charge < -0.3 is 15.4 Å². The fourth-order valence-corrected chi connectivity index (χ4v) is 3.66. The van der Waals surface area contributed by atoms with Crippen LogP contribution in [0.3, 0.4) is 0 Å². The Morgan fingerprint density at radius 1 is 1.17 bits per heavy atom. The zero-order chi connectivity index (χ0) is 20.4. The number of hydrogen-bond donors (Lipinski definition) is 1. The molecule has 0 bridgehead atoms. The standard InChI is InChI=1S/C24H27N3O2/c1-16-3-10-22-23(27(16)2)12-11-21(18(13-25)14-26-19-6-7-19)24(22)29-20-8-4-17(15-28)5-9-20/h4-5,8-9,11-16,19H,3,6-7,10,25H2,1-2H3. The fourth-order valence-electron chi connectivity index (χ4n) is 3.66. The lowest BCUT2D eigenvalue weighted by molar-refractivity contribution is 0.112. The van der Waals surface area contributed by atoms with Crippen LogP contribution in [-0.2, 0) is 6.42 Å². The molecule has 1 heterocycles. The molecule has 4 rings (SSSR count). The molecule has 150 valence electrons. The summed E-state index contributed by atoms with van der Waals surface area (Å²) in [6.45, 7) is 2.24. The zero-order valence-corrected chi connectivity index (χ0v) is 17.0. The minimum absolute atomic E-state index is 0.426. The number of nitrogens with zero attached hydrogens (tertiary/aromatic N) is 2. The molecule has 0 saturated heterocycles. The van der Waals surface area contributed by atoms with Crippen molar-refractivity contribution in [2.75, 3.05) is 11.9 Å². The molecule has 0 spiro atoms. The Hall–Kier alpha value is -3.08. The van der Waals surface area contributed by atoms with Crippen LogP contribution in [0, 0.1) is 0 Å². The highest BCUT2D eigenvalue weighted by Crippen LogP contribution is 2.42. The molecule has 0 aromatic heterocycles. The third-order valence-electron chi connectivity index (χ3n) is 5.79. The smallest absolute Gasteiger partial charge is 0.150 e. The maximum absolute atomic E-state index is 11.0. The van der Waals surface area contributed by atoms with Gasteiger partial charge >= 0.3 is 0 Å². The molecule has 2 aromatic carbocycles. The van der Waals surface area contributed by atoms with Gasteiger partial charge in [0.25, 0.3) is 0 Å². The molecule has 1 aliphatic carbocycles. The molecule has 2 aromatic rings. The lowest BCUT2D eigenvalue weighted by Gasteiger charge is -2.35. The van der Waals surface area contributed by atoms with E-state index in [2.05, 4.69) is 36.0 Å². The highest BCUT2D eigenvalue weighted by atomic mass is 16.5. The van der Waals surface area contributed by atoms with Gasteiger partial charge in [0.1, 0.15) is 17.8 Å². The number of benzene rings is 2. The van der Waals surface area contributed by atoms with E-state index in [0.717, 1.165) is 48.9 Å². The second kappa shape index (κ2) is 8.11. The summed E-state index contributed by atoms with van der Waals surface area (Å²) in [5, 5.41) is 0. The maximum atomic E-state index is 11.0. The van der Waals surface area contributed by atoms with Crippen LogP contribution in [0.25, 0.3) is 5.57 Å². The molecular weight excluding hydrogens is 362 g/mol. The first kappa shape index (κ1) is 19.2. The minimum Gasteiger partial charge on any atom is -0.456 e. The molecular formula is C24H27N3O2. The van der Waals surface area contributed by atoms with E-state index in [1.807, 2.05) is 18.3 Å². The van der Waals surface area contributed by atoms with E-state index in [4.69, 9.17) is 10.5 Å². The Morgan fingerprint density at radius 3 is 2.59 bits per heavy atom. The number of ether oxygens (including phenoxy) is 1. The minimum atomic E-state index is 0.426. The van der Waals surface area contributed by atoms with Crippen molar-refractivity contribution in [3.8, 4) is 11.5 Å². The van der Waals surface area contributed by atoms with Gasteiger partial charge in [-0.3, -0.25) is 9.79 Å². The molecule has 0 radical (unpaired) electrons. The van der Waals surface area contributed by atoms with Crippen molar-refractivity contribution in [1.29, 1.82) is 0 Å². The Labute approximate surface area is 171 Å². The molecule has 1 aliphatic heterocycles. The summed E-state index contributed by atoms with van der Waals surface area (Å²) in [7, 11) is 2.12. The zero-order valence-electron chi connectivity index (χ0n) is 17.0. The van der Waals surface area contributed by atoms with Crippen molar-refractivity contribution < 1.29 is 9.53 Å². The number of carbonyl (C=O) groups excluding carboxylic acids is 1. The molecule has 2 aliphatic rings. The lowest BCUT2D eigenvalue weighted by Crippen LogP contribution is -2.33. The van der Waals surface area contributed by atoms with Gasteiger partial charge in [0.05, 0.1) is 6.04 Å². The third-order valence-corrected chi connectivity index (χ3v) is 5.79. The van der Waals surface area contributed by atoms with Crippen molar-refractivity contribution >= 4 is 23.8 Å². The number of rotatable bonds is 6. The predicted octanol–water partition coefficient (Wildman–Crippen LogP) is 4.60. The Kier molecular flexibility index (Phi) is 5.38. The van der Waals surface area contributed by atoms with Gasteiger partial charge in [-0.2, -0.15) is 0 Å². The topological polar surface area (TPSA) is 67.9 Å². The van der Waals surface area contributed by atoms with E-state index in [1.54, 1.807) is 18.3 Å². The van der Waals surface area contributed by atoms with Crippen LogP contribution >= 0.6 is 0 Å². The van der Waals surface area contributed by atoms with Crippen molar-refractivity contribution in [3.63, 3.8) is 0 Å². The summed E-state index contributed by atoms with van der Waals surface area (Å²) < 4.78 is 6.40. The molecule has 29 heavy (non-hydrogen) atoms. The van der Waals surface area contributed by atoms with Crippen molar-refractivity contribution in [2.24, 2.45) is 10.7 Å². The number of hydrogen-bond acceptors (Lipinski definition) is 5. The fraction of sp³-hybridized carbons (Fsp3) is 0.333. The van der Waals surface area contributed by atoms with Crippen molar-refractivity contribution in [3.05, 3.63) is 59.3 Å². The number of nitrogens with two attached hydrogens (primary N) is 1. The number of allylic oxidation sites excluding steroid dienone is 1. The number of aldehydes is 1. The molecule has 5 nitrogen and oxygen atoms in total. The summed E-state index contributed by atoms with van der Waals surface area (Å²) in [5.74, 6) is 1.51. The van der Waals surface area contributed by atoms with Crippen LogP contribution in [0.4, 0.5) is 5.69 Å². The van der Waals surface area contributed by atoms with Crippen LogP contribution in [0.5, 0.6) is 11.5 Å². The Balaban J connectivity index is 1.78. The van der Waals surface area contributed by atoms with Crippen LogP contribution < -0.4 is 15.4 Å². The molecule has 1 unspecified atom stereocenters. The summed E-state index contributed by atoms with van der Waals surface area (Å²) in [5.41, 5.74) is 10.8. The summed E-state index contributed by atoms with van der Waals surface area (Å²) >= 11 is 0. The highest BCUT2D eigenvalue weighted by molar-refractivity contribution is 6.11. The first-order valence-electron chi connectivity index (χ1n) is 10.2. The second-order valence-electron chi connectivity index (χ2n) is 7.86. The summed E-state index contributed by atoms with van der Waals surface area (Å²) in [4.78, 5) is 17.9. The third kappa shape index (κ3) is 4.04. The molecule has 1 saturated carbocycles. The number of aliphatic imine (C=N–C) groups is 1. The van der Waals surface area contributed by atoms with E-state index >= 15 is 0 Å². The van der Waals surface area contributed by atoms with Gasteiger partial charge in [-0.15, -0.1) is 0 Å². The monoisotopic (exact) mass is 389 g/mol. The van der Waals surface area contributed by atoms with E-state index in [1.165, 1.54) is 11.3 Å². The van der Waals surface area contributed by atoms with Gasteiger partial charge in [-0.1, -0.05) is 0 Å². The lowest BCUT2D eigenvalue weighted by atomic mass is 9.92. The molecule has 2 N–H and O–H groups in total. The molecule has 1 fully saturated rings. The van der Waals surface area contributed by atoms with Crippen molar-refractivity contribution in [2.45, 2.75) is 44.7 Å². The number of anilines is 1. The maximum Gasteiger partial charge on any atom is 0.150 e. The van der Waals surface area contributed by atoms with E-state index in [0.29, 0.717) is 23.4 Å². The van der Waals surface area contributed by atoms with Gasteiger partial charge in [-0.25, -0.2) is 0 Å². The van der Waals surface area contributed by atoms with E-state index in [9.17, 15) is 4.79 Å². The summed E-state index contributed by atoms with van der Waals surface area (Å²) in [6, 6.07) is 12.3. The molecule has 0 amide bonds. The molecule has 5 heteroatoms. The van der Waals surface area contributed by atoms with Crippen LogP contribution in [0.1, 0.15) is 47.7 Å². The van der Waals surface area contributed by atoms with Crippen LogP contribution in [0.2, 0.25) is 0 Å².